The molecule has 120 valence electrons. The van der Waals surface area contributed by atoms with E-state index in [0.717, 1.165) is 0 Å². The molecule has 2 heterocycles. The Kier molecular flexibility index (Phi) is 4.43. The number of esters is 1. The predicted octanol–water partition coefficient (Wildman–Crippen LogP) is 2.28. The van der Waals surface area contributed by atoms with E-state index in [2.05, 4.69) is 4.74 Å². The molecule has 6 nitrogen and oxygen atoms in total. The van der Waals surface area contributed by atoms with Crippen LogP contribution in [0.2, 0.25) is 0 Å². The number of carbonyl (C=O) groups excluding carboxylic acids is 2. The van der Waals surface area contributed by atoms with Crippen LogP contribution in [0.1, 0.15) is 32.6 Å². The summed E-state index contributed by atoms with van der Waals surface area (Å²) in [5.41, 5.74) is 0.808. The van der Waals surface area contributed by atoms with E-state index < -0.39 is 5.97 Å². The number of morpholine rings is 1. The van der Waals surface area contributed by atoms with Gasteiger partial charge in [0.1, 0.15) is 11.9 Å². The van der Waals surface area contributed by atoms with Gasteiger partial charge < -0.3 is 18.8 Å². The minimum atomic E-state index is -0.463. The highest BCUT2D eigenvalue weighted by Gasteiger charge is 2.27. The van der Waals surface area contributed by atoms with Gasteiger partial charge in [-0.2, -0.15) is 0 Å². The number of furan rings is 1. The van der Waals surface area contributed by atoms with Gasteiger partial charge in [-0.25, -0.2) is 4.79 Å². The normalized spacial score (nSPS) is 17.8. The summed E-state index contributed by atoms with van der Waals surface area (Å²) in [5.74, 6) is 0.0940. The third-order valence-electron chi connectivity index (χ3n) is 3.74. The molecule has 23 heavy (non-hydrogen) atoms. The molecule has 6 heteroatoms. The van der Waals surface area contributed by atoms with Crippen LogP contribution in [0.4, 0.5) is 0 Å². The molecule has 2 aromatic rings. The average molecular weight is 315 g/mol. The van der Waals surface area contributed by atoms with Gasteiger partial charge in [-0.05, 0) is 30.3 Å². The van der Waals surface area contributed by atoms with E-state index in [4.69, 9.17) is 9.15 Å². The fourth-order valence-corrected chi connectivity index (χ4v) is 2.56. The van der Waals surface area contributed by atoms with Gasteiger partial charge in [0, 0.05) is 12.1 Å². The van der Waals surface area contributed by atoms with Crippen LogP contribution in [0, 0.1) is 0 Å². The lowest BCUT2D eigenvalue weighted by molar-refractivity contribution is -0.0321. The van der Waals surface area contributed by atoms with E-state index in [-0.39, 0.29) is 12.0 Å². The molecule has 1 atom stereocenters. The second-order valence-corrected chi connectivity index (χ2v) is 5.20. The van der Waals surface area contributed by atoms with Crippen molar-refractivity contribution in [1.82, 2.24) is 4.90 Å². The zero-order valence-corrected chi connectivity index (χ0v) is 12.7. The van der Waals surface area contributed by atoms with Crippen molar-refractivity contribution < 1.29 is 23.5 Å². The third kappa shape index (κ3) is 3.27. The Balaban J connectivity index is 1.76. The molecule has 0 aliphatic carbocycles. The van der Waals surface area contributed by atoms with E-state index in [1.807, 2.05) is 6.07 Å². The Morgan fingerprint density at radius 2 is 2.04 bits per heavy atom. The number of hydrogen-bond acceptors (Lipinski definition) is 5. The van der Waals surface area contributed by atoms with Gasteiger partial charge in [0.15, 0.2) is 0 Å². The van der Waals surface area contributed by atoms with Crippen LogP contribution in [-0.2, 0) is 9.47 Å². The smallest absolute Gasteiger partial charge is 0.337 e. The fraction of sp³-hybridized carbons (Fsp3) is 0.294. The second kappa shape index (κ2) is 6.66. The summed E-state index contributed by atoms with van der Waals surface area (Å²) in [7, 11) is 1.31. The van der Waals surface area contributed by atoms with Gasteiger partial charge >= 0.3 is 5.97 Å². The predicted molar refractivity (Wildman–Crippen MR) is 81.1 cm³/mol. The molecule has 0 spiro atoms. The molecule has 1 amide bonds. The topological polar surface area (TPSA) is 69.0 Å². The van der Waals surface area contributed by atoms with Crippen molar-refractivity contribution in [3.05, 3.63) is 59.5 Å². The summed E-state index contributed by atoms with van der Waals surface area (Å²) in [4.78, 5) is 26.0. The van der Waals surface area contributed by atoms with Gasteiger partial charge in [0.25, 0.3) is 5.91 Å². The maximum Gasteiger partial charge on any atom is 0.337 e. The van der Waals surface area contributed by atoms with Crippen molar-refractivity contribution in [2.75, 3.05) is 26.8 Å². The van der Waals surface area contributed by atoms with Gasteiger partial charge in [-0.3, -0.25) is 4.79 Å². The van der Waals surface area contributed by atoms with Crippen molar-refractivity contribution in [2.24, 2.45) is 0 Å². The molecule has 1 aliphatic rings. The number of amides is 1. The first-order valence-corrected chi connectivity index (χ1v) is 7.31. The van der Waals surface area contributed by atoms with Crippen LogP contribution in [0.25, 0.3) is 0 Å². The standard InChI is InChI=1S/C17H17NO5/c1-21-17(20)13-5-2-4-12(10-13)16(19)18-7-9-23-15(11-18)14-6-3-8-22-14/h2-6,8,10,15H,7,9,11H2,1H3. The summed E-state index contributed by atoms with van der Waals surface area (Å²) in [6.07, 6.45) is 1.31. The second-order valence-electron chi connectivity index (χ2n) is 5.20. The highest BCUT2D eigenvalue weighted by Crippen LogP contribution is 2.23. The molecule has 0 N–H and O–H groups in total. The van der Waals surface area contributed by atoms with Crippen molar-refractivity contribution in [1.29, 1.82) is 0 Å². The Morgan fingerprint density at radius 1 is 1.22 bits per heavy atom. The zero-order valence-electron chi connectivity index (χ0n) is 12.7. The van der Waals surface area contributed by atoms with Crippen LogP contribution >= 0.6 is 0 Å². The van der Waals surface area contributed by atoms with Crippen molar-refractivity contribution in [2.45, 2.75) is 6.10 Å². The first-order chi connectivity index (χ1) is 11.2. The largest absolute Gasteiger partial charge is 0.467 e. The van der Waals surface area contributed by atoms with E-state index in [1.165, 1.54) is 7.11 Å². The van der Waals surface area contributed by atoms with E-state index >= 15 is 0 Å². The number of methoxy groups -OCH3 is 1. The molecular weight excluding hydrogens is 298 g/mol. The van der Waals surface area contributed by atoms with Crippen LogP contribution in [0.15, 0.2) is 47.1 Å². The molecule has 1 aromatic heterocycles. The van der Waals surface area contributed by atoms with Gasteiger partial charge in [0.2, 0.25) is 0 Å². The molecule has 1 unspecified atom stereocenters. The van der Waals surface area contributed by atoms with Crippen LogP contribution in [-0.4, -0.2) is 43.6 Å². The lowest BCUT2D eigenvalue weighted by Crippen LogP contribution is -2.42. The van der Waals surface area contributed by atoms with Crippen LogP contribution in [0.3, 0.4) is 0 Å². The molecular formula is C17H17NO5. The van der Waals surface area contributed by atoms with E-state index in [1.54, 1.807) is 41.5 Å². The maximum atomic E-state index is 12.7. The summed E-state index contributed by atoms with van der Waals surface area (Å²) in [5, 5.41) is 0. The number of hydrogen-bond donors (Lipinski definition) is 0. The molecule has 0 saturated carbocycles. The summed E-state index contributed by atoms with van der Waals surface area (Å²) < 4.78 is 15.7. The van der Waals surface area contributed by atoms with Gasteiger partial charge in [-0.1, -0.05) is 6.07 Å². The first kappa shape index (κ1) is 15.3. The number of ether oxygens (including phenoxy) is 2. The summed E-state index contributed by atoms with van der Waals surface area (Å²) in [6.45, 7) is 1.35. The molecule has 0 radical (unpaired) electrons. The zero-order chi connectivity index (χ0) is 16.2. The molecule has 1 fully saturated rings. The molecule has 1 aliphatic heterocycles. The van der Waals surface area contributed by atoms with Gasteiger partial charge in [0.05, 0.1) is 32.1 Å². The quantitative estimate of drug-likeness (QED) is 0.813. The minimum Gasteiger partial charge on any atom is -0.467 e. The Morgan fingerprint density at radius 3 is 2.78 bits per heavy atom. The average Bonchev–Trinajstić information content (AvgIpc) is 3.15. The number of nitrogens with zero attached hydrogens (tertiary/aromatic N) is 1. The maximum absolute atomic E-state index is 12.7. The number of rotatable bonds is 3. The van der Waals surface area contributed by atoms with Crippen LogP contribution in [0.5, 0.6) is 0 Å². The SMILES string of the molecule is COC(=O)c1cccc(C(=O)N2CCOC(c3ccco3)C2)c1. The van der Waals surface area contributed by atoms with Gasteiger partial charge in [-0.15, -0.1) is 0 Å². The highest BCUT2D eigenvalue weighted by atomic mass is 16.5. The summed E-state index contributed by atoms with van der Waals surface area (Å²) in [6, 6.07) is 10.1. The Hall–Kier alpha value is -2.60. The number of benzene rings is 1. The Bertz CT molecular complexity index is 695. The summed E-state index contributed by atoms with van der Waals surface area (Å²) >= 11 is 0. The van der Waals surface area contributed by atoms with Crippen molar-refractivity contribution in [3.63, 3.8) is 0 Å². The molecule has 1 aromatic carbocycles. The highest BCUT2D eigenvalue weighted by molar-refractivity contribution is 5.98. The molecule has 1 saturated heterocycles. The molecule has 0 bridgehead atoms. The molecule has 3 rings (SSSR count). The monoisotopic (exact) mass is 315 g/mol. The first-order valence-electron chi connectivity index (χ1n) is 7.31. The van der Waals surface area contributed by atoms with E-state index in [0.29, 0.717) is 36.6 Å². The fourth-order valence-electron chi connectivity index (χ4n) is 2.56. The third-order valence-corrected chi connectivity index (χ3v) is 3.74. The lowest BCUT2D eigenvalue weighted by atomic mass is 10.1. The lowest BCUT2D eigenvalue weighted by Gasteiger charge is -2.32. The van der Waals surface area contributed by atoms with E-state index in [9.17, 15) is 9.59 Å². The van der Waals surface area contributed by atoms with Crippen molar-refractivity contribution in [3.8, 4) is 0 Å². The van der Waals surface area contributed by atoms with Crippen LogP contribution < -0.4 is 0 Å². The minimum absolute atomic E-state index is 0.143. The van der Waals surface area contributed by atoms with Crippen molar-refractivity contribution >= 4 is 11.9 Å². The number of carbonyl (C=O) groups is 2. The Labute approximate surface area is 133 Å².